The van der Waals surface area contributed by atoms with Gasteiger partial charge in [0.25, 0.3) is 0 Å². The van der Waals surface area contributed by atoms with Gasteiger partial charge in [-0.15, -0.1) is 0 Å². The Morgan fingerprint density at radius 2 is 1.96 bits per heavy atom. The molecule has 148 valence electrons. The highest BCUT2D eigenvalue weighted by Gasteiger charge is 2.17. The summed E-state index contributed by atoms with van der Waals surface area (Å²) >= 11 is 0. The molecule has 1 aliphatic heterocycles. The fourth-order valence-electron chi connectivity index (χ4n) is 3.11. The normalized spacial score (nSPS) is 14.2. The highest BCUT2D eigenvalue weighted by atomic mass is 19.1. The van der Waals surface area contributed by atoms with Gasteiger partial charge in [0, 0.05) is 11.8 Å². The van der Waals surface area contributed by atoms with Gasteiger partial charge in [-0.3, -0.25) is 0 Å². The number of hydrogen-bond acceptors (Lipinski definition) is 5. The molecule has 0 atom stereocenters. The van der Waals surface area contributed by atoms with E-state index in [9.17, 15) is 4.39 Å². The zero-order valence-electron chi connectivity index (χ0n) is 16.3. The van der Waals surface area contributed by atoms with Crippen LogP contribution in [0.15, 0.2) is 49.2 Å². The summed E-state index contributed by atoms with van der Waals surface area (Å²) in [6.07, 6.45) is 8.77. The van der Waals surface area contributed by atoms with E-state index in [2.05, 4.69) is 20.4 Å². The second-order valence-corrected chi connectivity index (χ2v) is 6.36. The molecule has 0 unspecified atom stereocenters. The van der Waals surface area contributed by atoms with Gasteiger partial charge in [-0.1, -0.05) is 26.0 Å². The van der Waals surface area contributed by atoms with E-state index in [4.69, 9.17) is 4.74 Å². The Labute approximate surface area is 164 Å². The van der Waals surface area contributed by atoms with Crippen molar-refractivity contribution in [3.63, 3.8) is 0 Å². The molecule has 0 amide bonds. The fraction of sp³-hybridized carbons (Fsp3) is 0.381. The predicted molar refractivity (Wildman–Crippen MR) is 107 cm³/mol. The highest BCUT2D eigenvalue weighted by Crippen LogP contribution is 2.28. The molecule has 1 aliphatic rings. The number of para-hydroxylation sites is 1. The summed E-state index contributed by atoms with van der Waals surface area (Å²) in [6, 6.07) is 6.52. The Hall–Kier alpha value is -2.80. The highest BCUT2D eigenvalue weighted by molar-refractivity contribution is 5.64. The van der Waals surface area contributed by atoms with Crippen molar-refractivity contribution in [1.82, 2.24) is 25.1 Å². The first kappa shape index (κ1) is 19.9. The Balaban J connectivity index is 0.00000109. The molecule has 7 heteroatoms. The van der Waals surface area contributed by atoms with E-state index in [-0.39, 0.29) is 5.82 Å². The van der Waals surface area contributed by atoms with Crippen LogP contribution >= 0.6 is 0 Å². The lowest BCUT2D eigenvalue weighted by Gasteiger charge is -2.22. The van der Waals surface area contributed by atoms with E-state index >= 15 is 0 Å². The molecular weight excluding hydrogens is 357 g/mol. The summed E-state index contributed by atoms with van der Waals surface area (Å²) in [5.74, 6) is 0.830. The third kappa shape index (κ3) is 4.72. The molecule has 1 fully saturated rings. The minimum Gasteiger partial charge on any atom is -0.489 e. The Morgan fingerprint density at radius 3 is 2.75 bits per heavy atom. The van der Waals surface area contributed by atoms with Crippen molar-refractivity contribution in [1.29, 1.82) is 0 Å². The molecule has 1 saturated heterocycles. The minimum absolute atomic E-state index is 0.327. The van der Waals surface area contributed by atoms with Gasteiger partial charge >= 0.3 is 0 Å². The number of halogens is 1. The second kappa shape index (κ2) is 9.94. The number of benzene rings is 1. The Kier molecular flexibility index (Phi) is 7.08. The minimum atomic E-state index is -0.327. The lowest BCUT2D eigenvalue weighted by molar-refractivity contribution is 0.215. The van der Waals surface area contributed by atoms with Crippen LogP contribution in [0.3, 0.4) is 0 Å². The molecule has 6 nitrogen and oxygen atoms in total. The predicted octanol–water partition coefficient (Wildman–Crippen LogP) is 3.87. The smallest absolute Gasteiger partial charge is 0.163 e. The summed E-state index contributed by atoms with van der Waals surface area (Å²) < 4.78 is 21.5. The van der Waals surface area contributed by atoms with Crippen LogP contribution < -0.4 is 10.1 Å². The third-order valence-corrected chi connectivity index (χ3v) is 4.57. The van der Waals surface area contributed by atoms with E-state index in [0.29, 0.717) is 29.7 Å². The van der Waals surface area contributed by atoms with E-state index < -0.39 is 0 Å². The first-order valence-electron chi connectivity index (χ1n) is 9.75. The summed E-state index contributed by atoms with van der Waals surface area (Å²) in [7, 11) is 0. The Morgan fingerprint density at radius 1 is 1.18 bits per heavy atom. The molecular formula is C21H26FN5O. The van der Waals surface area contributed by atoms with Gasteiger partial charge in [0.2, 0.25) is 0 Å². The van der Waals surface area contributed by atoms with Crippen LogP contribution in [0, 0.1) is 11.7 Å². The summed E-state index contributed by atoms with van der Waals surface area (Å²) in [6.45, 7) is 6.70. The maximum absolute atomic E-state index is 14.0. The van der Waals surface area contributed by atoms with Crippen molar-refractivity contribution in [3.05, 3.63) is 55.0 Å². The number of piperidine rings is 1. The standard InChI is InChI=1S/C19H20FN5O.C2H6/c20-16-3-1-2-4-17(16)25-11-15(9-24-25)19-18(10-22-13-23-19)26-12-14-5-7-21-8-6-14;1-2/h1-4,9-11,13-14,21H,5-8,12H2;1-2H3. The maximum Gasteiger partial charge on any atom is 0.163 e. The van der Waals surface area contributed by atoms with Crippen molar-refractivity contribution in [2.45, 2.75) is 26.7 Å². The third-order valence-electron chi connectivity index (χ3n) is 4.57. The number of aromatic nitrogens is 4. The topological polar surface area (TPSA) is 64.9 Å². The van der Waals surface area contributed by atoms with E-state index in [1.54, 1.807) is 36.8 Å². The molecule has 0 saturated carbocycles. The van der Waals surface area contributed by atoms with Crippen LogP contribution in [0.4, 0.5) is 4.39 Å². The van der Waals surface area contributed by atoms with Crippen LogP contribution in [0.2, 0.25) is 0 Å². The monoisotopic (exact) mass is 383 g/mol. The molecule has 0 aliphatic carbocycles. The van der Waals surface area contributed by atoms with Crippen molar-refractivity contribution >= 4 is 0 Å². The van der Waals surface area contributed by atoms with Gasteiger partial charge in [-0.25, -0.2) is 19.0 Å². The van der Waals surface area contributed by atoms with Crippen molar-refractivity contribution in [2.24, 2.45) is 5.92 Å². The van der Waals surface area contributed by atoms with Gasteiger partial charge in [0.1, 0.15) is 23.5 Å². The number of ether oxygens (including phenoxy) is 1. The fourth-order valence-corrected chi connectivity index (χ4v) is 3.11. The van der Waals surface area contributed by atoms with Crippen LogP contribution in [0.5, 0.6) is 5.75 Å². The first-order valence-corrected chi connectivity index (χ1v) is 9.75. The maximum atomic E-state index is 14.0. The van der Waals surface area contributed by atoms with Gasteiger partial charge in [0.15, 0.2) is 5.75 Å². The van der Waals surface area contributed by atoms with Crippen molar-refractivity contribution in [2.75, 3.05) is 19.7 Å². The summed E-state index contributed by atoms with van der Waals surface area (Å²) in [5, 5.41) is 7.62. The van der Waals surface area contributed by atoms with Gasteiger partial charge in [0.05, 0.1) is 19.0 Å². The molecule has 3 aromatic rings. The zero-order chi connectivity index (χ0) is 19.8. The summed E-state index contributed by atoms with van der Waals surface area (Å²) in [4.78, 5) is 8.42. The Bertz CT molecular complexity index is 876. The van der Waals surface area contributed by atoms with E-state index in [0.717, 1.165) is 31.5 Å². The van der Waals surface area contributed by atoms with E-state index in [1.807, 2.05) is 13.8 Å². The molecule has 1 aromatic carbocycles. The molecule has 0 radical (unpaired) electrons. The molecule has 1 N–H and O–H groups in total. The number of nitrogens with zero attached hydrogens (tertiary/aromatic N) is 4. The average Bonchev–Trinajstić information content (AvgIpc) is 3.25. The average molecular weight is 383 g/mol. The SMILES string of the molecule is CC.Fc1ccccc1-n1cc(-c2ncncc2OCC2CCNCC2)cn1. The van der Waals surface area contributed by atoms with Crippen LogP contribution in [-0.2, 0) is 0 Å². The van der Waals surface area contributed by atoms with E-state index in [1.165, 1.54) is 17.1 Å². The lowest BCUT2D eigenvalue weighted by atomic mass is 9.99. The summed E-state index contributed by atoms with van der Waals surface area (Å²) in [5.41, 5.74) is 1.82. The van der Waals surface area contributed by atoms with Crippen LogP contribution in [-0.4, -0.2) is 39.4 Å². The van der Waals surface area contributed by atoms with Crippen molar-refractivity contribution in [3.8, 4) is 22.7 Å². The quantitative estimate of drug-likeness (QED) is 0.724. The van der Waals surface area contributed by atoms with Gasteiger partial charge in [-0.2, -0.15) is 5.10 Å². The molecule has 0 bridgehead atoms. The first-order chi connectivity index (χ1) is 13.8. The van der Waals surface area contributed by atoms with Gasteiger partial charge in [-0.05, 0) is 44.0 Å². The zero-order valence-corrected chi connectivity index (χ0v) is 16.3. The van der Waals surface area contributed by atoms with Crippen LogP contribution in [0.1, 0.15) is 26.7 Å². The second-order valence-electron chi connectivity index (χ2n) is 6.36. The number of hydrogen-bond donors (Lipinski definition) is 1. The van der Waals surface area contributed by atoms with Gasteiger partial charge < -0.3 is 10.1 Å². The molecule has 2 aromatic heterocycles. The molecule has 0 spiro atoms. The molecule has 4 rings (SSSR count). The largest absolute Gasteiger partial charge is 0.489 e. The lowest BCUT2D eigenvalue weighted by Crippen LogP contribution is -2.30. The van der Waals surface area contributed by atoms with Crippen LogP contribution in [0.25, 0.3) is 16.9 Å². The number of rotatable bonds is 5. The molecule has 28 heavy (non-hydrogen) atoms. The van der Waals surface area contributed by atoms with Crippen molar-refractivity contribution < 1.29 is 9.13 Å². The molecule has 3 heterocycles. The number of nitrogens with one attached hydrogen (secondary N) is 1.